The first-order chi connectivity index (χ1) is 19.3. The van der Waals surface area contributed by atoms with Gasteiger partial charge < -0.3 is 42.6 Å². The quantitative estimate of drug-likeness (QED) is 0.124. The standard InChI is InChI=1S/C27H38N6O8/c1-14(2)11-21(27(40)41)33-26(39)19(7-9-22(29)34)32-25(38)20(8-10-23(35)36)31-24(37)17(28)12-15-13-30-18-6-4-3-5-16(15)18/h3-6,13-14,17,19-21,30H,7-12,28H2,1-2H3,(H2,29,34)(H,31,37)(H,32,38)(H,33,39)(H,35,36)(H,40,41). The summed E-state index contributed by atoms with van der Waals surface area (Å²) in [5.41, 5.74) is 12.9. The summed E-state index contributed by atoms with van der Waals surface area (Å²) in [6.45, 7) is 3.54. The number of nitrogens with two attached hydrogens (primary N) is 2. The minimum atomic E-state index is -1.39. The Morgan fingerprint density at radius 3 is 1.98 bits per heavy atom. The molecule has 14 nitrogen and oxygen atoms in total. The van der Waals surface area contributed by atoms with Crippen LogP contribution in [0, 0.1) is 5.92 Å². The summed E-state index contributed by atoms with van der Waals surface area (Å²) in [5.74, 6) is -5.82. The van der Waals surface area contributed by atoms with Crippen molar-refractivity contribution in [2.45, 2.75) is 76.5 Å². The number of fused-ring (bicyclic) bond motifs is 1. The summed E-state index contributed by atoms with van der Waals surface area (Å²) in [7, 11) is 0. The van der Waals surface area contributed by atoms with Crippen molar-refractivity contribution in [2.75, 3.05) is 0 Å². The first-order valence-corrected chi connectivity index (χ1v) is 13.2. The first kappa shape index (κ1) is 32.8. The molecule has 0 bridgehead atoms. The minimum Gasteiger partial charge on any atom is -0.481 e. The van der Waals surface area contributed by atoms with Crippen LogP contribution in [0.5, 0.6) is 0 Å². The van der Waals surface area contributed by atoms with Gasteiger partial charge in [-0.15, -0.1) is 0 Å². The number of aliphatic carboxylic acids is 2. The molecule has 1 aromatic carbocycles. The van der Waals surface area contributed by atoms with Crippen molar-refractivity contribution in [1.29, 1.82) is 0 Å². The number of aromatic amines is 1. The maximum absolute atomic E-state index is 13.2. The molecule has 0 aliphatic carbocycles. The number of hydrogen-bond acceptors (Lipinski definition) is 7. The van der Waals surface area contributed by atoms with Crippen LogP contribution in [0.4, 0.5) is 0 Å². The van der Waals surface area contributed by atoms with E-state index in [4.69, 9.17) is 16.6 Å². The molecule has 2 rings (SSSR count). The molecule has 4 atom stereocenters. The van der Waals surface area contributed by atoms with E-state index in [0.29, 0.717) is 0 Å². The fourth-order valence-electron chi connectivity index (χ4n) is 4.24. The van der Waals surface area contributed by atoms with Gasteiger partial charge in [0.15, 0.2) is 0 Å². The lowest BCUT2D eigenvalue weighted by atomic mass is 10.0. The maximum atomic E-state index is 13.2. The molecular weight excluding hydrogens is 536 g/mol. The Bertz CT molecular complexity index is 1260. The first-order valence-electron chi connectivity index (χ1n) is 13.2. The van der Waals surface area contributed by atoms with Crippen LogP contribution in [0.3, 0.4) is 0 Å². The Morgan fingerprint density at radius 2 is 1.41 bits per heavy atom. The normalized spacial score (nSPS) is 14.0. The largest absolute Gasteiger partial charge is 0.481 e. The highest BCUT2D eigenvalue weighted by Crippen LogP contribution is 2.19. The molecule has 0 saturated heterocycles. The third-order valence-corrected chi connectivity index (χ3v) is 6.37. The zero-order valence-corrected chi connectivity index (χ0v) is 23.0. The number of amides is 4. The summed E-state index contributed by atoms with van der Waals surface area (Å²) in [5, 5.41) is 26.7. The number of aromatic nitrogens is 1. The van der Waals surface area contributed by atoms with Crippen LogP contribution in [0.15, 0.2) is 30.5 Å². The van der Waals surface area contributed by atoms with E-state index in [1.165, 1.54) is 0 Å². The second kappa shape index (κ2) is 15.4. The molecule has 2 aromatic rings. The number of carboxylic acid groups (broad SMARTS) is 2. The second-order valence-corrected chi connectivity index (χ2v) is 10.3. The molecule has 10 N–H and O–H groups in total. The second-order valence-electron chi connectivity index (χ2n) is 10.3. The van der Waals surface area contributed by atoms with E-state index in [1.807, 2.05) is 24.3 Å². The molecular formula is C27H38N6O8. The highest BCUT2D eigenvalue weighted by molar-refractivity contribution is 5.95. The molecule has 0 fully saturated rings. The molecule has 0 radical (unpaired) electrons. The number of para-hydroxylation sites is 1. The van der Waals surface area contributed by atoms with E-state index >= 15 is 0 Å². The van der Waals surface area contributed by atoms with Crippen LogP contribution >= 0.6 is 0 Å². The number of carboxylic acids is 2. The molecule has 41 heavy (non-hydrogen) atoms. The molecule has 0 saturated carbocycles. The van der Waals surface area contributed by atoms with Gasteiger partial charge in [-0.25, -0.2) is 4.79 Å². The molecule has 4 amide bonds. The van der Waals surface area contributed by atoms with Crippen molar-refractivity contribution in [1.82, 2.24) is 20.9 Å². The number of carbonyl (C=O) groups is 6. The third-order valence-electron chi connectivity index (χ3n) is 6.37. The van der Waals surface area contributed by atoms with Gasteiger partial charge in [-0.2, -0.15) is 0 Å². The molecule has 0 aliphatic rings. The van der Waals surface area contributed by atoms with E-state index < -0.39 is 66.2 Å². The Labute approximate surface area is 236 Å². The lowest BCUT2D eigenvalue weighted by molar-refractivity contribution is -0.143. The number of carbonyl (C=O) groups excluding carboxylic acids is 4. The van der Waals surface area contributed by atoms with Gasteiger partial charge in [-0.05, 0) is 43.2 Å². The highest BCUT2D eigenvalue weighted by atomic mass is 16.4. The van der Waals surface area contributed by atoms with Gasteiger partial charge in [0, 0.05) is 29.9 Å². The van der Waals surface area contributed by atoms with Crippen molar-refractivity contribution >= 4 is 46.5 Å². The summed E-state index contributed by atoms with van der Waals surface area (Å²) >= 11 is 0. The molecule has 0 aliphatic heterocycles. The summed E-state index contributed by atoms with van der Waals surface area (Å²) in [6, 6.07) is 2.31. The number of rotatable bonds is 17. The van der Waals surface area contributed by atoms with Gasteiger partial charge in [0.2, 0.25) is 23.6 Å². The molecule has 4 unspecified atom stereocenters. The van der Waals surface area contributed by atoms with E-state index in [0.717, 1.165) is 16.5 Å². The Morgan fingerprint density at radius 1 is 0.854 bits per heavy atom. The monoisotopic (exact) mass is 574 g/mol. The van der Waals surface area contributed by atoms with E-state index in [-0.39, 0.29) is 38.0 Å². The minimum absolute atomic E-state index is 0.0702. The average molecular weight is 575 g/mol. The Hall–Kier alpha value is -4.46. The SMILES string of the molecule is CC(C)CC(NC(=O)C(CCC(N)=O)NC(=O)C(CCC(=O)O)NC(=O)C(N)Cc1c[nH]c2ccccc12)C(=O)O. The number of H-pyrrole nitrogens is 1. The summed E-state index contributed by atoms with van der Waals surface area (Å²) in [4.78, 5) is 76.4. The molecule has 0 spiro atoms. The maximum Gasteiger partial charge on any atom is 0.326 e. The van der Waals surface area contributed by atoms with Crippen LogP contribution in [0.2, 0.25) is 0 Å². The van der Waals surface area contributed by atoms with Crippen molar-refractivity contribution in [3.05, 3.63) is 36.0 Å². The van der Waals surface area contributed by atoms with Crippen LogP contribution in [0.25, 0.3) is 10.9 Å². The van der Waals surface area contributed by atoms with Crippen LogP contribution in [-0.4, -0.2) is 74.9 Å². The van der Waals surface area contributed by atoms with E-state index in [1.54, 1.807) is 20.0 Å². The molecule has 1 heterocycles. The summed E-state index contributed by atoms with van der Waals surface area (Å²) < 4.78 is 0. The molecule has 1 aromatic heterocycles. The van der Waals surface area contributed by atoms with Crippen LogP contribution < -0.4 is 27.4 Å². The van der Waals surface area contributed by atoms with Crippen molar-refractivity contribution in [2.24, 2.45) is 17.4 Å². The predicted molar refractivity (Wildman–Crippen MR) is 148 cm³/mol. The lowest BCUT2D eigenvalue weighted by Gasteiger charge is -2.25. The average Bonchev–Trinajstić information content (AvgIpc) is 3.30. The number of hydrogen-bond donors (Lipinski definition) is 8. The van der Waals surface area contributed by atoms with Gasteiger partial charge in [0.25, 0.3) is 0 Å². The zero-order valence-electron chi connectivity index (χ0n) is 23.0. The van der Waals surface area contributed by atoms with Gasteiger partial charge in [-0.3, -0.25) is 24.0 Å². The van der Waals surface area contributed by atoms with Gasteiger partial charge >= 0.3 is 11.9 Å². The van der Waals surface area contributed by atoms with Gasteiger partial charge in [0.1, 0.15) is 18.1 Å². The number of primary amides is 1. The lowest BCUT2D eigenvalue weighted by Crippen LogP contribution is -2.57. The van der Waals surface area contributed by atoms with Crippen molar-refractivity contribution in [3.8, 4) is 0 Å². The smallest absolute Gasteiger partial charge is 0.326 e. The highest BCUT2D eigenvalue weighted by Gasteiger charge is 2.31. The van der Waals surface area contributed by atoms with Crippen molar-refractivity contribution < 1.29 is 39.0 Å². The number of nitrogens with one attached hydrogen (secondary N) is 4. The zero-order chi connectivity index (χ0) is 30.7. The fourth-order valence-corrected chi connectivity index (χ4v) is 4.24. The third kappa shape index (κ3) is 10.6. The van der Waals surface area contributed by atoms with E-state index in [2.05, 4.69) is 20.9 Å². The fraction of sp³-hybridized carbons (Fsp3) is 0.481. The topological polar surface area (TPSA) is 247 Å². The van der Waals surface area contributed by atoms with Gasteiger partial charge in [-0.1, -0.05) is 32.0 Å². The Kier molecular flexibility index (Phi) is 12.3. The summed E-state index contributed by atoms with van der Waals surface area (Å²) in [6.07, 6.45) is 0.606. The van der Waals surface area contributed by atoms with Crippen molar-refractivity contribution in [3.63, 3.8) is 0 Å². The number of benzene rings is 1. The van der Waals surface area contributed by atoms with Crippen LogP contribution in [0.1, 0.15) is 51.5 Å². The Balaban J connectivity index is 2.17. The van der Waals surface area contributed by atoms with E-state index in [9.17, 15) is 33.9 Å². The van der Waals surface area contributed by atoms with Crippen LogP contribution in [-0.2, 0) is 35.2 Å². The van der Waals surface area contributed by atoms with Gasteiger partial charge in [0.05, 0.1) is 6.04 Å². The predicted octanol–water partition coefficient (Wildman–Crippen LogP) is -0.247. The molecule has 224 valence electrons. The molecule has 14 heteroatoms.